The second-order valence-electron chi connectivity index (χ2n) is 6.51. The van der Waals surface area contributed by atoms with Gasteiger partial charge < -0.3 is 10.1 Å². The molecular formula is C20H20N2O3S. The van der Waals surface area contributed by atoms with Crippen molar-refractivity contribution in [3.05, 3.63) is 54.1 Å². The third-order valence-corrected chi connectivity index (χ3v) is 5.84. The number of carbonyl (C=O) groups is 2. The number of amides is 2. The maximum absolute atomic E-state index is 12.4. The summed E-state index contributed by atoms with van der Waals surface area (Å²) in [6, 6.07) is 15.3. The van der Waals surface area contributed by atoms with Gasteiger partial charge in [-0.25, -0.2) is 0 Å². The number of hydrogen-bond acceptors (Lipinski definition) is 4. The molecule has 1 N–H and O–H groups in total. The summed E-state index contributed by atoms with van der Waals surface area (Å²) in [7, 11) is 1.62. The molecule has 2 amide bonds. The number of methoxy groups -OCH3 is 1. The Balaban J connectivity index is 1.53. The van der Waals surface area contributed by atoms with Crippen LogP contribution in [0.2, 0.25) is 0 Å². The van der Waals surface area contributed by atoms with Crippen molar-refractivity contribution in [2.45, 2.75) is 18.2 Å². The van der Waals surface area contributed by atoms with Crippen molar-refractivity contribution in [1.82, 2.24) is 0 Å². The van der Waals surface area contributed by atoms with Crippen molar-refractivity contribution in [3.63, 3.8) is 0 Å². The molecule has 5 nitrogen and oxygen atoms in total. The standard InChI is InChI=1S/C20H20N2O3S/c1-25-17-10-8-16(9-11-17)22-18(23)12-26-20(22)14-4-6-15(7-5-14)21-19(24)13-2-3-13/h4-11,13,20H,2-3,12H2,1H3,(H,21,24)/t20-/m1/s1. The van der Waals surface area contributed by atoms with Crippen LogP contribution >= 0.6 is 11.8 Å². The molecule has 0 aromatic heterocycles. The Hall–Kier alpha value is -2.47. The third-order valence-electron chi connectivity index (χ3n) is 4.63. The topological polar surface area (TPSA) is 58.6 Å². The second kappa shape index (κ2) is 7.03. The smallest absolute Gasteiger partial charge is 0.238 e. The molecule has 0 bridgehead atoms. The number of ether oxygens (including phenoxy) is 1. The Morgan fingerprint density at radius 1 is 1.12 bits per heavy atom. The van der Waals surface area contributed by atoms with Crippen molar-refractivity contribution in [2.24, 2.45) is 5.92 Å². The molecule has 2 aliphatic rings. The summed E-state index contributed by atoms with van der Waals surface area (Å²) in [6.07, 6.45) is 1.98. The first-order valence-corrected chi connectivity index (χ1v) is 9.69. The van der Waals surface area contributed by atoms with Crippen LogP contribution < -0.4 is 15.0 Å². The van der Waals surface area contributed by atoms with Gasteiger partial charge in [-0.2, -0.15) is 0 Å². The zero-order valence-corrected chi connectivity index (χ0v) is 15.3. The molecule has 1 heterocycles. The molecule has 1 aliphatic heterocycles. The number of thioether (sulfide) groups is 1. The van der Waals surface area contributed by atoms with Gasteiger partial charge in [0.2, 0.25) is 11.8 Å². The Bertz CT molecular complexity index is 816. The predicted molar refractivity (Wildman–Crippen MR) is 103 cm³/mol. The summed E-state index contributed by atoms with van der Waals surface area (Å²) in [5.74, 6) is 1.60. The van der Waals surface area contributed by atoms with E-state index in [0.29, 0.717) is 5.75 Å². The van der Waals surface area contributed by atoms with Crippen LogP contribution in [0.3, 0.4) is 0 Å². The largest absolute Gasteiger partial charge is 0.497 e. The van der Waals surface area contributed by atoms with Gasteiger partial charge in [0.1, 0.15) is 11.1 Å². The minimum absolute atomic E-state index is 0.0657. The van der Waals surface area contributed by atoms with Gasteiger partial charge in [0.05, 0.1) is 12.9 Å². The Morgan fingerprint density at radius 2 is 1.81 bits per heavy atom. The lowest BCUT2D eigenvalue weighted by Crippen LogP contribution is -2.27. The van der Waals surface area contributed by atoms with Crippen LogP contribution in [-0.4, -0.2) is 24.7 Å². The maximum Gasteiger partial charge on any atom is 0.238 e. The van der Waals surface area contributed by atoms with E-state index in [4.69, 9.17) is 4.74 Å². The van der Waals surface area contributed by atoms with E-state index >= 15 is 0 Å². The van der Waals surface area contributed by atoms with Crippen LogP contribution in [0.15, 0.2) is 48.5 Å². The van der Waals surface area contributed by atoms with E-state index in [1.165, 1.54) is 0 Å². The summed E-state index contributed by atoms with van der Waals surface area (Å²) < 4.78 is 5.19. The molecular weight excluding hydrogens is 348 g/mol. The van der Waals surface area contributed by atoms with Gasteiger partial charge in [-0.15, -0.1) is 11.8 Å². The predicted octanol–water partition coefficient (Wildman–Crippen LogP) is 3.82. The lowest BCUT2D eigenvalue weighted by atomic mass is 10.1. The molecule has 2 aromatic rings. The highest BCUT2D eigenvalue weighted by Gasteiger charge is 2.34. The number of anilines is 2. The SMILES string of the molecule is COc1ccc(N2C(=O)CS[C@@H]2c2ccc(NC(=O)C3CC3)cc2)cc1. The summed E-state index contributed by atoms with van der Waals surface area (Å²) >= 11 is 1.61. The zero-order chi connectivity index (χ0) is 18.1. The molecule has 2 aromatic carbocycles. The van der Waals surface area contributed by atoms with Gasteiger partial charge in [-0.3, -0.25) is 14.5 Å². The normalized spacial score (nSPS) is 19.5. The van der Waals surface area contributed by atoms with Crippen molar-refractivity contribution in [1.29, 1.82) is 0 Å². The summed E-state index contributed by atoms with van der Waals surface area (Å²) in [4.78, 5) is 26.1. The minimum atomic E-state index is -0.0657. The minimum Gasteiger partial charge on any atom is -0.497 e. The first-order valence-electron chi connectivity index (χ1n) is 8.64. The number of nitrogens with zero attached hydrogens (tertiary/aromatic N) is 1. The fourth-order valence-corrected chi connectivity index (χ4v) is 4.19. The maximum atomic E-state index is 12.4. The highest BCUT2D eigenvalue weighted by atomic mass is 32.2. The van der Waals surface area contributed by atoms with Crippen molar-refractivity contribution in [2.75, 3.05) is 23.1 Å². The summed E-state index contributed by atoms with van der Waals surface area (Å²) in [5.41, 5.74) is 2.70. The van der Waals surface area contributed by atoms with Gasteiger partial charge in [-0.05, 0) is 54.8 Å². The quantitative estimate of drug-likeness (QED) is 0.872. The molecule has 2 fully saturated rings. The average molecular weight is 368 g/mol. The first kappa shape index (κ1) is 17.0. The molecule has 1 atom stereocenters. The van der Waals surface area contributed by atoms with Crippen LogP contribution in [0, 0.1) is 5.92 Å². The van der Waals surface area contributed by atoms with E-state index in [0.717, 1.165) is 35.5 Å². The number of carbonyl (C=O) groups excluding carboxylic acids is 2. The van der Waals surface area contributed by atoms with Crippen molar-refractivity contribution < 1.29 is 14.3 Å². The van der Waals surface area contributed by atoms with E-state index in [1.54, 1.807) is 18.9 Å². The molecule has 0 spiro atoms. The number of rotatable bonds is 5. The van der Waals surface area contributed by atoms with Crippen molar-refractivity contribution >= 4 is 35.0 Å². The highest BCUT2D eigenvalue weighted by molar-refractivity contribution is 8.00. The molecule has 0 unspecified atom stereocenters. The summed E-state index contributed by atoms with van der Waals surface area (Å²) in [5, 5.41) is 2.88. The number of benzene rings is 2. The zero-order valence-electron chi connectivity index (χ0n) is 14.5. The molecule has 1 saturated carbocycles. The molecule has 6 heteroatoms. The number of hydrogen-bond donors (Lipinski definition) is 1. The Labute approximate surface area is 156 Å². The van der Waals surface area contributed by atoms with Crippen LogP contribution in [0.5, 0.6) is 5.75 Å². The average Bonchev–Trinajstić information content (AvgIpc) is 3.45. The van der Waals surface area contributed by atoms with Crippen LogP contribution in [-0.2, 0) is 9.59 Å². The van der Waals surface area contributed by atoms with Gasteiger partial charge in [0, 0.05) is 17.3 Å². The fourth-order valence-electron chi connectivity index (χ4n) is 3.01. The highest BCUT2D eigenvalue weighted by Crippen LogP contribution is 2.42. The molecule has 4 rings (SSSR count). The second-order valence-corrected chi connectivity index (χ2v) is 7.58. The van der Waals surface area contributed by atoms with Gasteiger partial charge >= 0.3 is 0 Å². The Morgan fingerprint density at radius 3 is 2.42 bits per heavy atom. The lowest BCUT2D eigenvalue weighted by Gasteiger charge is -2.24. The van der Waals surface area contributed by atoms with Crippen molar-refractivity contribution in [3.8, 4) is 5.75 Å². The van der Waals surface area contributed by atoms with Gasteiger partial charge in [-0.1, -0.05) is 12.1 Å². The first-order chi connectivity index (χ1) is 12.7. The third kappa shape index (κ3) is 3.42. The van der Waals surface area contributed by atoms with Crippen LogP contribution in [0.25, 0.3) is 0 Å². The van der Waals surface area contributed by atoms with E-state index in [-0.39, 0.29) is 23.1 Å². The van der Waals surface area contributed by atoms with Gasteiger partial charge in [0.25, 0.3) is 0 Å². The van der Waals surface area contributed by atoms with Gasteiger partial charge in [0.15, 0.2) is 0 Å². The van der Waals surface area contributed by atoms with E-state index in [2.05, 4.69) is 5.32 Å². The lowest BCUT2D eigenvalue weighted by molar-refractivity contribution is -0.117. The molecule has 26 heavy (non-hydrogen) atoms. The molecule has 134 valence electrons. The molecule has 1 saturated heterocycles. The van der Waals surface area contributed by atoms with Crippen LogP contribution in [0.1, 0.15) is 23.8 Å². The van der Waals surface area contributed by atoms with E-state index in [1.807, 2.05) is 53.4 Å². The van der Waals surface area contributed by atoms with Crippen LogP contribution in [0.4, 0.5) is 11.4 Å². The summed E-state index contributed by atoms with van der Waals surface area (Å²) in [6.45, 7) is 0. The van der Waals surface area contributed by atoms with E-state index < -0.39 is 0 Å². The number of nitrogens with one attached hydrogen (secondary N) is 1. The monoisotopic (exact) mass is 368 g/mol. The fraction of sp³-hybridized carbons (Fsp3) is 0.300. The Kier molecular flexibility index (Phi) is 4.59. The molecule has 0 radical (unpaired) electrons. The molecule has 1 aliphatic carbocycles. The van der Waals surface area contributed by atoms with E-state index in [9.17, 15) is 9.59 Å².